The fourth-order valence-electron chi connectivity index (χ4n) is 9.50. The number of fused-ring (bicyclic) bond motifs is 4. The van der Waals surface area contributed by atoms with E-state index in [9.17, 15) is 0 Å². The van der Waals surface area contributed by atoms with Gasteiger partial charge in [0.1, 0.15) is 0 Å². The van der Waals surface area contributed by atoms with Gasteiger partial charge in [-0.25, -0.2) is 0 Å². The highest BCUT2D eigenvalue weighted by atomic mass is 15.1. The predicted molar refractivity (Wildman–Crippen MR) is 267 cm³/mol. The summed E-state index contributed by atoms with van der Waals surface area (Å²) in [6.45, 7) is 4.76. The molecule has 2 nitrogen and oxygen atoms in total. The highest BCUT2D eigenvalue weighted by Crippen LogP contribution is 2.52. The van der Waals surface area contributed by atoms with Crippen LogP contribution in [0.15, 0.2) is 243 Å². The molecule has 1 aliphatic rings. The minimum Gasteiger partial charge on any atom is -0.310 e. The van der Waals surface area contributed by atoms with E-state index in [1.165, 1.54) is 66.4 Å². The second kappa shape index (κ2) is 15.8. The minimum absolute atomic E-state index is 0.249. The normalized spacial score (nSPS) is 12.4. The molecule has 0 saturated carbocycles. The average molecular weight is 807 g/mol. The lowest BCUT2D eigenvalue weighted by atomic mass is 9.82. The number of hydrogen-bond acceptors (Lipinski definition) is 2. The van der Waals surface area contributed by atoms with Gasteiger partial charge >= 0.3 is 0 Å². The van der Waals surface area contributed by atoms with Crippen LogP contribution in [0.25, 0.3) is 55.3 Å². The molecule has 0 saturated heterocycles. The Morgan fingerprint density at radius 3 is 1.05 bits per heavy atom. The molecule has 1 aliphatic carbocycles. The van der Waals surface area contributed by atoms with E-state index >= 15 is 0 Å². The third-order valence-corrected chi connectivity index (χ3v) is 12.8. The molecule has 0 atom stereocenters. The Bertz CT molecular complexity index is 3210. The van der Waals surface area contributed by atoms with Crippen LogP contribution in [-0.4, -0.2) is 0 Å². The lowest BCUT2D eigenvalue weighted by Crippen LogP contribution is -2.17. The molecule has 0 unspecified atom stereocenters. The van der Waals surface area contributed by atoms with Crippen molar-refractivity contribution in [3.05, 3.63) is 254 Å². The second-order valence-corrected chi connectivity index (χ2v) is 17.0. The SMILES string of the molecule is CC1(C)c2cc(N(c3ccccc3)c3ccc(-c4ccc(-c5ccccc5)cc4)cc3)ccc2-c2ccc(N(c3ccc(-c4ccccc4)cc3)c3ccc4ccccc4c3)cc21. The fraction of sp³-hybridized carbons (Fsp3) is 0.0492. The average Bonchev–Trinajstić information content (AvgIpc) is 3.57. The van der Waals surface area contributed by atoms with Crippen LogP contribution < -0.4 is 9.80 Å². The van der Waals surface area contributed by atoms with Gasteiger partial charge in [-0.05, 0) is 139 Å². The Balaban J connectivity index is 0.951. The van der Waals surface area contributed by atoms with Gasteiger partial charge in [-0.15, -0.1) is 0 Å². The van der Waals surface area contributed by atoms with Crippen molar-refractivity contribution in [2.24, 2.45) is 0 Å². The van der Waals surface area contributed by atoms with Crippen LogP contribution in [0.2, 0.25) is 0 Å². The topological polar surface area (TPSA) is 6.48 Å². The number of rotatable bonds is 9. The molecule has 0 aliphatic heterocycles. The first-order valence-electron chi connectivity index (χ1n) is 21.8. The summed E-state index contributed by atoms with van der Waals surface area (Å²) >= 11 is 0. The van der Waals surface area contributed by atoms with Crippen molar-refractivity contribution in [1.82, 2.24) is 0 Å². The standard InChI is InChI=1S/C61H46N2/c1-61(2)59-41-55(62(51-20-10-5-11-21-51)52-31-28-49(29-32-52)47-24-22-46(23-25-47)43-14-6-3-7-15-43)36-38-57(59)58-39-37-56(42-60(58)61)63(54-35-30-45-18-12-13-19-50(45)40-54)53-33-26-48(27-34-53)44-16-8-4-9-17-44/h3-42H,1-2H3. The zero-order valence-corrected chi connectivity index (χ0v) is 35.5. The molecule has 0 aromatic heterocycles. The maximum atomic E-state index is 2.43. The molecule has 0 fully saturated rings. The molecule has 63 heavy (non-hydrogen) atoms. The Labute approximate surface area is 370 Å². The molecular weight excluding hydrogens is 761 g/mol. The van der Waals surface area contributed by atoms with Crippen molar-refractivity contribution in [3.63, 3.8) is 0 Å². The van der Waals surface area contributed by atoms with E-state index in [2.05, 4.69) is 266 Å². The molecule has 0 N–H and O–H groups in total. The number of benzene rings is 10. The molecule has 10 aromatic carbocycles. The lowest BCUT2D eigenvalue weighted by molar-refractivity contribution is 0.660. The third kappa shape index (κ3) is 7.06. The van der Waals surface area contributed by atoms with E-state index in [4.69, 9.17) is 0 Å². The van der Waals surface area contributed by atoms with Crippen LogP contribution in [0.4, 0.5) is 34.1 Å². The lowest BCUT2D eigenvalue weighted by Gasteiger charge is -2.29. The molecule has 300 valence electrons. The maximum Gasteiger partial charge on any atom is 0.0468 e. The summed E-state index contributed by atoms with van der Waals surface area (Å²) in [5, 5.41) is 2.45. The van der Waals surface area contributed by atoms with Crippen molar-refractivity contribution in [2.75, 3.05) is 9.80 Å². The molecule has 0 bridgehead atoms. The molecule has 0 radical (unpaired) electrons. The zero-order valence-electron chi connectivity index (χ0n) is 35.5. The summed E-state index contributed by atoms with van der Waals surface area (Å²) in [6, 6.07) is 88.2. The largest absolute Gasteiger partial charge is 0.310 e. The van der Waals surface area contributed by atoms with Crippen LogP contribution in [0.1, 0.15) is 25.0 Å². The van der Waals surface area contributed by atoms with Crippen LogP contribution in [0.3, 0.4) is 0 Å². The van der Waals surface area contributed by atoms with Gasteiger partial charge in [0, 0.05) is 39.5 Å². The summed E-state index contributed by atoms with van der Waals surface area (Å²) in [6.07, 6.45) is 0. The highest BCUT2D eigenvalue weighted by molar-refractivity contribution is 5.92. The molecular formula is C61H46N2. The molecule has 0 heterocycles. The van der Waals surface area contributed by atoms with Crippen molar-refractivity contribution in [2.45, 2.75) is 19.3 Å². The molecule has 11 rings (SSSR count). The summed E-state index contributed by atoms with van der Waals surface area (Å²) in [4.78, 5) is 4.79. The Morgan fingerprint density at radius 2 is 0.571 bits per heavy atom. The van der Waals surface area contributed by atoms with E-state index in [1.807, 2.05) is 0 Å². The van der Waals surface area contributed by atoms with Gasteiger partial charge in [-0.3, -0.25) is 0 Å². The Kier molecular flexibility index (Phi) is 9.55. The smallest absolute Gasteiger partial charge is 0.0468 e. The van der Waals surface area contributed by atoms with Crippen molar-refractivity contribution >= 4 is 44.9 Å². The van der Waals surface area contributed by atoms with Crippen molar-refractivity contribution < 1.29 is 0 Å². The first kappa shape index (κ1) is 38.0. The van der Waals surface area contributed by atoms with E-state index < -0.39 is 0 Å². The van der Waals surface area contributed by atoms with Crippen molar-refractivity contribution in [3.8, 4) is 44.5 Å². The first-order chi connectivity index (χ1) is 31.0. The monoisotopic (exact) mass is 806 g/mol. The summed E-state index contributed by atoms with van der Waals surface area (Å²) < 4.78 is 0. The van der Waals surface area contributed by atoms with Gasteiger partial charge < -0.3 is 9.80 Å². The van der Waals surface area contributed by atoms with Gasteiger partial charge in [0.15, 0.2) is 0 Å². The summed E-state index contributed by atoms with van der Waals surface area (Å²) in [5.41, 5.74) is 19.0. The minimum atomic E-state index is -0.249. The number of para-hydroxylation sites is 1. The van der Waals surface area contributed by atoms with Gasteiger partial charge in [-0.1, -0.05) is 184 Å². The zero-order chi connectivity index (χ0) is 42.3. The van der Waals surface area contributed by atoms with Crippen LogP contribution in [-0.2, 0) is 5.41 Å². The van der Waals surface area contributed by atoms with Crippen LogP contribution in [0.5, 0.6) is 0 Å². The van der Waals surface area contributed by atoms with Gasteiger partial charge in [-0.2, -0.15) is 0 Å². The van der Waals surface area contributed by atoms with E-state index in [0.717, 1.165) is 34.1 Å². The Hall–Kier alpha value is -7.94. The van der Waals surface area contributed by atoms with E-state index in [-0.39, 0.29) is 5.41 Å². The van der Waals surface area contributed by atoms with E-state index in [0.29, 0.717) is 0 Å². The van der Waals surface area contributed by atoms with E-state index in [1.54, 1.807) is 0 Å². The first-order valence-corrected chi connectivity index (χ1v) is 21.8. The predicted octanol–water partition coefficient (Wildman–Crippen LogP) is 17.1. The third-order valence-electron chi connectivity index (χ3n) is 12.8. The van der Waals surface area contributed by atoms with Gasteiger partial charge in [0.2, 0.25) is 0 Å². The molecule has 2 heteroatoms. The summed E-state index contributed by atoms with van der Waals surface area (Å²) in [5.74, 6) is 0. The quantitative estimate of drug-likeness (QED) is 0.143. The second-order valence-electron chi connectivity index (χ2n) is 17.0. The maximum absolute atomic E-state index is 2.43. The van der Waals surface area contributed by atoms with Gasteiger partial charge in [0.05, 0.1) is 0 Å². The van der Waals surface area contributed by atoms with Crippen molar-refractivity contribution in [1.29, 1.82) is 0 Å². The highest BCUT2D eigenvalue weighted by Gasteiger charge is 2.37. The van der Waals surface area contributed by atoms with Crippen LogP contribution >= 0.6 is 0 Å². The molecule has 10 aromatic rings. The summed E-state index contributed by atoms with van der Waals surface area (Å²) in [7, 11) is 0. The molecule has 0 amide bonds. The number of hydrogen-bond donors (Lipinski definition) is 0. The van der Waals surface area contributed by atoms with Crippen LogP contribution in [0, 0.1) is 0 Å². The van der Waals surface area contributed by atoms with Gasteiger partial charge in [0.25, 0.3) is 0 Å². The molecule has 0 spiro atoms. The fourth-order valence-corrected chi connectivity index (χ4v) is 9.50. The number of nitrogens with zero attached hydrogens (tertiary/aromatic N) is 2. The Morgan fingerprint density at radius 1 is 0.254 bits per heavy atom. The number of anilines is 6.